The summed E-state index contributed by atoms with van der Waals surface area (Å²) in [4.78, 5) is 2.53. The van der Waals surface area contributed by atoms with E-state index in [1.165, 1.54) is 12.8 Å². The smallest absolute Gasteiger partial charge is 0.0897 e. The van der Waals surface area contributed by atoms with Crippen molar-refractivity contribution in [2.24, 2.45) is 0 Å². The number of morpholine rings is 1. The Morgan fingerprint density at radius 2 is 2.00 bits per heavy atom. The quantitative estimate of drug-likeness (QED) is 0.924. The number of rotatable bonds is 4. The van der Waals surface area contributed by atoms with Crippen molar-refractivity contribution in [2.75, 3.05) is 26.7 Å². The Morgan fingerprint density at radius 1 is 1.30 bits per heavy atom. The summed E-state index contributed by atoms with van der Waals surface area (Å²) in [5.74, 6) is 0. The highest BCUT2D eigenvalue weighted by molar-refractivity contribution is 6.36. The molecule has 1 aliphatic carbocycles. The van der Waals surface area contributed by atoms with Crippen molar-refractivity contribution in [1.29, 1.82) is 0 Å². The average Bonchev–Trinajstić information content (AvgIpc) is 3.24. The second-order valence-electron chi connectivity index (χ2n) is 5.52. The molecule has 1 aliphatic heterocycles. The molecule has 1 aromatic carbocycles. The van der Waals surface area contributed by atoms with E-state index in [1.54, 1.807) is 0 Å². The third-order valence-corrected chi connectivity index (χ3v) is 4.77. The average molecular weight is 315 g/mol. The molecule has 1 heterocycles. The molecular formula is C15H20Cl2N2O. The molecule has 0 bridgehead atoms. The van der Waals surface area contributed by atoms with Crippen molar-refractivity contribution in [3.05, 3.63) is 33.8 Å². The van der Waals surface area contributed by atoms with E-state index < -0.39 is 0 Å². The minimum atomic E-state index is 0.0896. The van der Waals surface area contributed by atoms with Crippen LogP contribution in [0.25, 0.3) is 0 Å². The molecule has 110 valence electrons. The maximum atomic E-state index is 6.43. The van der Waals surface area contributed by atoms with Gasteiger partial charge in [0.15, 0.2) is 0 Å². The van der Waals surface area contributed by atoms with Crippen LogP contribution in [0, 0.1) is 0 Å². The van der Waals surface area contributed by atoms with Crippen LogP contribution in [0.15, 0.2) is 18.2 Å². The van der Waals surface area contributed by atoms with E-state index in [4.69, 9.17) is 27.9 Å². The largest absolute Gasteiger partial charge is 0.374 e. The van der Waals surface area contributed by atoms with E-state index in [0.29, 0.717) is 6.04 Å². The first kappa shape index (κ1) is 14.6. The van der Waals surface area contributed by atoms with Gasteiger partial charge in [0.1, 0.15) is 0 Å². The molecule has 2 fully saturated rings. The molecule has 3 nitrogen and oxygen atoms in total. The van der Waals surface area contributed by atoms with Gasteiger partial charge in [-0.05, 0) is 32.0 Å². The van der Waals surface area contributed by atoms with Gasteiger partial charge in [-0.1, -0.05) is 29.3 Å². The zero-order valence-corrected chi connectivity index (χ0v) is 13.1. The summed E-state index contributed by atoms with van der Waals surface area (Å²) >= 11 is 12.9. The topological polar surface area (TPSA) is 24.5 Å². The van der Waals surface area contributed by atoms with E-state index in [2.05, 4.69) is 10.2 Å². The lowest BCUT2D eigenvalue weighted by Gasteiger charge is -2.42. The molecule has 2 atom stereocenters. The van der Waals surface area contributed by atoms with Gasteiger partial charge in [-0.3, -0.25) is 4.90 Å². The fourth-order valence-corrected chi connectivity index (χ4v) is 3.71. The predicted molar refractivity (Wildman–Crippen MR) is 82.6 cm³/mol. The summed E-state index contributed by atoms with van der Waals surface area (Å²) in [6.45, 7) is 2.54. The second kappa shape index (κ2) is 6.20. The molecule has 0 radical (unpaired) electrons. The maximum absolute atomic E-state index is 6.43. The van der Waals surface area contributed by atoms with Crippen LogP contribution < -0.4 is 5.32 Å². The molecule has 0 aromatic heterocycles. The minimum Gasteiger partial charge on any atom is -0.374 e. The van der Waals surface area contributed by atoms with Crippen molar-refractivity contribution >= 4 is 23.2 Å². The normalized spacial score (nSPS) is 27.8. The maximum Gasteiger partial charge on any atom is 0.0897 e. The molecule has 5 heteroatoms. The fraction of sp³-hybridized carbons (Fsp3) is 0.600. The molecular weight excluding hydrogens is 295 g/mol. The highest BCUT2D eigenvalue weighted by Gasteiger charge is 2.42. The Bertz CT molecular complexity index is 457. The first-order valence-corrected chi connectivity index (χ1v) is 7.94. The van der Waals surface area contributed by atoms with Gasteiger partial charge in [0.2, 0.25) is 0 Å². The minimum absolute atomic E-state index is 0.0896. The Labute approximate surface area is 130 Å². The van der Waals surface area contributed by atoms with E-state index >= 15 is 0 Å². The van der Waals surface area contributed by atoms with Crippen LogP contribution in [-0.4, -0.2) is 43.8 Å². The zero-order chi connectivity index (χ0) is 14.1. The lowest BCUT2D eigenvalue weighted by Crippen LogP contribution is -2.49. The molecule has 2 aliphatic rings. The third kappa shape index (κ3) is 2.83. The lowest BCUT2D eigenvalue weighted by atomic mass is 9.97. The van der Waals surface area contributed by atoms with Crippen molar-refractivity contribution in [1.82, 2.24) is 10.2 Å². The first-order chi connectivity index (χ1) is 9.72. The summed E-state index contributed by atoms with van der Waals surface area (Å²) in [6, 6.07) is 6.53. The molecule has 1 saturated carbocycles. The van der Waals surface area contributed by atoms with Crippen LogP contribution in [-0.2, 0) is 4.74 Å². The zero-order valence-electron chi connectivity index (χ0n) is 11.6. The Balaban J connectivity index is 1.98. The standard InChI is InChI=1S/C15H20Cl2N2O/c1-18-9-13-15(14-11(16)3-2-4-12(14)17)19(7-8-20-13)10-5-6-10/h2-4,10,13,15,18H,5-9H2,1H3. The Morgan fingerprint density at radius 3 is 2.60 bits per heavy atom. The number of likely N-dealkylation sites (N-methyl/N-ethyl adjacent to an activating group) is 1. The number of benzene rings is 1. The highest BCUT2D eigenvalue weighted by Crippen LogP contribution is 2.43. The van der Waals surface area contributed by atoms with E-state index in [-0.39, 0.29) is 12.1 Å². The van der Waals surface area contributed by atoms with Gasteiger partial charge < -0.3 is 10.1 Å². The van der Waals surface area contributed by atoms with Gasteiger partial charge in [0.25, 0.3) is 0 Å². The molecule has 0 spiro atoms. The SMILES string of the molecule is CNCC1OCCN(C2CC2)C1c1c(Cl)cccc1Cl. The first-order valence-electron chi connectivity index (χ1n) is 7.18. The number of halogens is 2. The van der Waals surface area contributed by atoms with Crippen LogP contribution in [0.5, 0.6) is 0 Å². The van der Waals surface area contributed by atoms with Crippen LogP contribution in [0.2, 0.25) is 10.0 Å². The number of ether oxygens (including phenoxy) is 1. The summed E-state index contributed by atoms with van der Waals surface area (Å²) < 4.78 is 5.98. The molecule has 1 saturated heterocycles. The van der Waals surface area contributed by atoms with Gasteiger partial charge in [0, 0.05) is 34.7 Å². The number of nitrogens with zero attached hydrogens (tertiary/aromatic N) is 1. The van der Waals surface area contributed by atoms with E-state index in [1.807, 2.05) is 25.2 Å². The van der Waals surface area contributed by atoms with Crippen molar-refractivity contribution in [3.63, 3.8) is 0 Å². The van der Waals surface area contributed by atoms with E-state index in [0.717, 1.165) is 35.3 Å². The van der Waals surface area contributed by atoms with Crippen molar-refractivity contribution in [2.45, 2.75) is 31.0 Å². The predicted octanol–water partition coefficient (Wildman–Crippen LogP) is 3.12. The fourth-order valence-electron chi connectivity index (χ4n) is 3.09. The third-order valence-electron chi connectivity index (χ3n) is 4.11. The molecule has 1 N–H and O–H groups in total. The van der Waals surface area contributed by atoms with Gasteiger partial charge in [0.05, 0.1) is 18.8 Å². The van der Waals surface area contributed by atoms with Gasteiger partial charge in [-0.2, -0.15) is 0 Å². The van der Waals surface area contributed by atoms with Crippen LogP contribution in [0.3, 0.4) is 0 Å². The van der Waals surface area contributed by atoms with Gasteiger partial charge in [-0.15, -0.1) is 0 Å². The molecule has 3 rings (SSSR count). The van der Waals surface area contributed by atoms with Gasteiger partial charge >= 0.3 is 0 Å². The summed E-state index contributed by atoms with van der Waals surface area (Å²) in [6.07, 6.45) is 2.63. The number of nitrogens with one attached hydrogen (secondary N) is 1. The molecule has 0 amide bonds. The molecule has 20 heavy (non-hydrogen) atoms. The van der Waals surface area contributed by atoms with Crippen LogP contribution >= 0.6 is 23.2 Å². The molecule has 2 unspecified atom stereocenters. The van der Waals surface area contributed by atoms with Crippen molar-refractivity contribution < 1.29 is 4.74 Å². The summed E-state index contributed by atoms with van der Waals surface area (Å²) in [5, 5.41) is 4.69. The molecule has 1 aromatic rings. The van der Waals surface area contributed by atoms with Crippen LogP contribution in [0.4, 0.5) is 0 Å². The van der Waals surface area contributed by atoms with E-state index in [9.17, 15) is 0 Å². The van der Waals surface area contributed by atoms with Crippen LogP contribution in [0.1, 0.15) is 24.4 Å². The lowest BCUT2D eigenvalue weighted by molar-refractivity contribution is -0.0739. The summed E-state index contributed by atoms with van der Waals surface area (Å²) in [7, 11) is 1.95. The Hall–Kier alpha value is -0.320. The Kier molecular flexibility index (Phi) is 4.53. The highest BCUT2D eigenvalue weighted by atomic mass is 35.5. The number of hydrogen-bond donors (Lipinski definition) is 1. The second-order valence-corrected chi connectivity index (χ2v) is 6.33. The van der Waals surface area contributed by atoms with Crippen molar-refractivity contribution in [3.8, 4) is 0 Å². The van der Waals surface area contributed by atoms with Gasteiger partial charge in [-0.25, -0.2) is 0 Å². The monoisotopic (exact) mass is 314 g/mol. The number of hydrogen-bond acceptors (Lipinski definition) is 3. The summed E-state index contributed by atoms with van der Waals surface area (Å²) in [5.41, 5.74) is 1.02.